The fourth-order valence-electron chi connectivity index (χ4n) is 4.53. The Kier molecular flexibility index (Phi) is 5.72. The molecule has 176 valence electrons. The van der Waals surface area contributed by atoms with E-state index in [2.05, 4.69) is 20.6 Å². The maximum atomic E-state index is 11.2. The van der Waals surface area contributed by atoms with Crippen molar-refractivity contribution in [1.82, 2.24) is 19.9 Å². The average molecular weight is 471 g/mol. The van der Waals surface area contributed by atoms with Crippen molar-refractivity contribution in [3.8, 4) is 10.6 Å². The van der Waals surface area contributed by atoms with E-state index in [-0.39, 0.29) is 12.5 Å². The van der Waals surface area contributed by atoms with Gasteiger partial charge in [0.05, 0.1) is 21.7 Å². The second-order valence-electron chi connectivity index (χ2n) is 9.37. The Bertz CT molecular complexity index is 1200. The quantitative estimate of drug-likeness (QED) is 0.330. The zero-order valence-electron chi connectivity index (χ0n) is 19.1. The summed E-state index contributed by atoms with van der Waals surface area (Å²) in [5, 5.41) is 38.6. The van der Waals surface area contributed by atoms with Crippen LogP contribution < -0.4 is 10.6 Å². The number of pyridine rings is 1. The van der Waals surface area contributed by atoms with Gasteiger partial charge in [0.1, 0.15) is 22.4 Å². The van der Waals surface area contributed by atoms with Crippen LogP contribution in [0.3, 0.4) is 0 Å². The van der Waals surface area contributed by atoms with E-state index in [9.17, 15) is 15.3 Å². The van der Waals surface area contributed by atoms with Gasteiger partial charge in [0, 0.05) is 24.8 Å². The number of hydrogen-bond acceptors (Lipinski definition) is 10. The molecule has 0 aliphatic heterocycles. The number of rotatable bonds is 7. The minimum Gasteiger partial charge on any atom is -0.396 e. The molecule has 0 unspecified atom stereocenters. The third-order valence-corrected chi connectivity index (χ3v) is 7.65. The Labute approximate surface area is 196 Å². The number of fused-ring (bicyclic) bond motifs is 1. The predicted molar refractivity (Wildman–Crippen MR) is 128 cm³/mol. The first kappa shape index (κ1) is 22.4. The molecule has 0 aromatic carbocycles. The van der Waals surface area contributed by atoms with Crippen molar-refractivity contribution in [3.63, 3.8) is 0 Å². The van der Waals surface area contributed by atoms with Gasteiger partial charge in [0.2, 0.25) is 5.95 Å². The summed E-state index contributed by atoms with van der Waals surface area (Å²) >= 11 is 1.53. The Balaban J connectivity index is 1.58. The molecule has 0 saturated heterocycles. The van der Waals surface area contributed by atoms with E-state index in [0.717, 1.165) is 38.9 Å². The smallest absolute Gasteiger partial charge is 0.224 e. The van der Waals surface area contributed by atoms with Crippen LogP contribution in [0, 0.1) is 32.6 Å². The molecule has 9 nitrogen and oxygen atoms in total. The van der Waals surface area contributed by atoms with Crippen molar-refractivity contribution in [1.29, 1.82) is 0 Å². The molecule has 3 heterocycles. The first-order valence-corrected chi connectivity index (χ1v) is 12.3. The van der Waals surface area contributed by atoms with Crippen LogP contribution in [-0.4, -0.2) is 60.2 Å². The van der Waals surface area contributed by atoms with E-state index in [0.29, 0.717) is 36.1 Å². The number of thiazole rings is 1. The second kappa shape index (κ2) is 8.43. The van der Waals surface area contributed by atoms with Gasteiger partial charge < -0.3 is 26.0 Å². The summed E-state index contributed by atoms with van der Waals surface area (Å²) < 4.78 is 1.02. The molecule has 10 heteroatoms. The first-order chi connectivity index (χ1) is 15.8. The highest BCUT2D eigenvalue weighted by Gasteiger charge is 2.47. The summed E-state index contributed by atoms with van der Waals surface area (Å²) in [7, 11) is 0. The van der Waals surface area contributed by atoms with Gasteiger partial charge >= 0.3 is 0 Å². The highest BCUT2D eigenvalue weighted by atomic mass is 32.1. The maximum absolute atomic E-state index is 11.2. The lowest BCUT2D eigenvalue weighted by Crippen LogP contribution is -2.48. The molecule has 2 aliphatic rings. The van der Waals surface area contributed by atoms with Crippen LogP contribution in [0.5, 0.6) is 0 Å². The van der Waals surface area contributed by atoms with E-state index < -0.39 is 11.8 Å². The summed E-state index contributed by atoms with van der Waals surface area (Å²) in [6, 6.07) is 2.01. The van der Waals surface area contributed by atoms with Gasteiger partial charge in [-0.05, 0) is 58.4 Å². The molecule has 3 aromatic heterocycles. The lowest BCUT2D eigenvalue weighted by molar-refractivity contribution is -0.0545. The number of nitrogens with zero attached hydrogens (tertiary/aromatic N) is 4. The van der Waals surface area contributed by atoms with Crippen molar-refractivity contribution in [2.75, 3.05) is 23.8 Å². The van der Waals surface area contributed by atoms with E-state index in [1.165, 1.54) is 24.2 Å². The van der Waals surface area contributed by atoms with Gasteiger partial charge in [-0.2, -0.15) is 4.98 Å². The fourth-order valence-corrected chi connectivity index (χ4v) is 5.74. The lowest BCUT2D eigenvalue weighted by atomic mass is 10.0. The van der Waals surface area contributed by atoms with E-state index >= 15 is 0 Å². The van der Waals surface area contributed by atoms with E-state index in [1.807, 2.05) is 26.8 Å². The molecule has 0 spiro atoms. The van der Waals surface area contributed by atoms with E-state index in [1.54, 1.807) is 0 Å². The van der Waals surface area contributed by atoms with Gasteiger partial charge in [-0.25, -0.2) is 9.97 Å². The van der Waals surface area contributed by atoms with Gasteiger partial charge in [-0.1, -0.05) is 0 Å². The van der Waals surface area contributed by atoms with Gasteiger partial charge in [0.25, 0.3) is 0 Å². The molecule has 0 amide bonds. The summed E-state index contributed by atoms with van der Waals surface area (Å²) in [5.74, 6) is 1.16. The fraction of sp³-hybridized carbons (Fsp3) is 0.565. The average Bonchev–Trinajstić information content (AvgIpc) is 3.43. The molecule has 5 rings (SSSR count). The third-order valence-electron chi connectivity index (χ3n) is 6.63. The Hall–Kier alpha value is -2.40. The van der Waals surface area contributed by atoms with Crippen molar-refractivity contribution in [2.24, 2.45) is 11.8 Å². The highest BCUT2D eigenvalue weighted by Crippen LogP contribution is 2.41. The van der Waals surface area contributed by atoms with Gasteiger partial charge in [0.15, 0.2) is 5.72 Å². The number of aryl methyl sites for hydroxylation is 3. The molecule has 2 aliphatic carbocycles. The Morgan fingerprint density at radius 1 is 1.09 bits per heavy atom. The molecule has 3 aromatic rings. The SMILES string of the molecule is Cc1cc2sc(-c3c(C)nc(NCC4CC4)nc3N[C@@]3(O)CC[C@H](CO)[C@H]3O)nc2c(C)n1. The normalized spacial score (nSPS) is 25.0. The minimum atomic E-state index is -1.60. The molecule has 2 saturated carbocycles. The first-order valence-electron chi connectivity index (χ1n) is 11.4. The van der Waals surface area contributed by atoms with Crippen molar-refractivity contribution in [2.45, 2.75) is 58.3 Å². The van der Waals surface area contributed by atoms with Crippen LogP contribution in [0.1, 0.15) is 42.8 Å². The zero-order chi connectivity index (χ0) is 23.3. The van der Waals surface area contributed by atoms with Crippen molar-refractivity contribution < 1.29 is 15.3 Å². The molecular formula is C23H30N6O3S. The largest absolute Gasteiger partial charge is 0.396 e. The van der Waals surface area contributed by atoms with Gasteiger partial charge in [-0.15, -0.1) is 11.3 Å². The summed E-state index contributed by atoms with van der Waals surface area (Å²) in [6.45, 7) is 6.43. The molecular weight excluding hydrogens is 440 g/mol. The Morgan fingerprint density at radius 2 is 1.88 bits per heavy atom. The lowest BCUT2D eigenvalue weighted by Gasteiger charge is -2.31. The van der Waals surface area contributed by atoms with Crippen LogP contribution in [0.2, 0.25) is 0 Å². The third kappa shape index (κ3) is 4.28. The highest BCUT2D eigenvalue weighted by molar-refractivity contribution is 7.21. The topological polar surface area (TPSA) is 136 Å². The van der Waals surface area contributed by atoms with Crippen molar-refractivity contribution >= 4 is 33.3 Å². The number of hydrogen-bond donors (Lipinski definition) is 5. The van der Waals surface area contributed by atoms with Gasteiger partial charge in [-0.3, -0.25) is 4.98 Å². The van der Waals surface area contributed by atoms with Crippen LogP contribution in [0.25, 0.3) is 20.8 Å². The number of aliphatic hydroxyl groups excluding tert-OH is 2. The summed E-state index contributed by atoms with van der Waals surface area (Å²) in [4.78, 5) is 18.7. The molecule has 5 N–H and O–H groups in total. The molecule has 0 bridgehead atoms. The number of aliphatic hydroxyl groups is 3. The summed E-state index contributed by atoms with van der Waals surface area (Å²) in [6.07, 6.45) is 2.12. The maximum Gasteiger partial charge on any atom is 0.224 e. The number of nitrogens with one attached hydrogen (secondary N) is 2. The number of aromatic nitrogens is 4. The zero-order valence-corrected chi connectivity index (χ0v) is 19.9. The minimum absolute atomic E-state index is 0.182. The predicted octanol–water partition coefficient (Wildman–Crippen LogP) is 2.76. The number of anilines is 2. The molecule has 3 atom stereocenters. The van der Waals surface area contributed by atoms with Crippen LogP contribution in [0.15, 0.2) is 6.07 Å². The van der Waals surface area contributed by atoms with Crippen molar-refractivity contribution in [3.05, 3.63) is 23.1 Å². The molecule has 33 heavy (non-hydrogen) atoms. The molecule has 0 radical (unpaired) electrons. The van der Waals surface area contributed by atoms with Crippen LogP contribution in [0.4, 0.5) is 11.8 Å². The van der Waals surface area contributed by atoms with E-state index in [4.69, 9.17) is 9.97 Å². The van der Waals surface area contributed by atoms with Crippen LogP contribution in [-0.2, 0) is 0 Å². The standard InChI is InChI=1S/C23H30N6O3S/c1-11-8-16-18(13(3)25-11)27-21(33-16)17-12(2)26-22(24-9-14-4-5-14)28-20(17)29-23(32)7-6-15(10-30)19(23)31/h8,14-15,19,30-32H,4-7,9-10H2,1-3H3,(H2,24,26,28,29)/t15-,19-,23-/m1/s1. The molecule has 2 fully saturated rings. The Morgan fingerprint density at radius 3 is 2.58 bits per heavy atom. The van der Waals surface area contributed by atoms with Crippen LogP contribution >= 0.6 is 11.3 Å². The summed E-state index contributed by atoms with van der Waals surface area (Å²) in [5.41, 5.74) is 2.45. The second-order valence-corrected chi connectivity index (χ2v) is 10.4. The monoisotopic (exact) mass is 470 g/mol.